The monoisotopic (exact) mass is 254 g/mol. The van der Waals surface area contributed by atoms with Crippen LogP contribution in [0.4, 0.5) is 5.69 Å². The molecule has 0 aliphatic carbocycles. The number of para-hydroxylation sites is 1. The van der Waals surface area contributed by atoms with Crippen molar-refractivity contribution in [2.24, 2.45) is 7.05 Å². The zero-order valence-corrected chi connectivity index (χ0v) is 10.8. The van der Waals surface area contributed by atoms with Crippen LogP contribution in [0.5, 0.6) is 0 Å². The second-order valence-electron chi connectivity index (χ2n) is 4.60. The number of anilines is 1. The average Bonchev–Trinajstić information content (AvgIpc) is 2.91. The number of nitrogens with two attached hydrogens (primary N) is 1. The normalized spacial score (nSPS) is 11.1. The van der Waals surface area contributed by atoms with Crippen molar-refractivity contribution in [2.75, 3.05) is 5.73 Å². The molecular formula is C15H14N2O2. The van der Waals surface area contributed by atoms with Crippen LogP contribution in [0.25, 0.3) is 10.9 Å². The lowest BCUT2D eigenvalue weighted by Gasteiger charge is -2.01. The van der Waals surface area contributed by atoms with E-state index in [4.69, 9.17) is 10.2 Å². The van der Waals surface area contributed by atoms with E-state index in [1.165, 1.54) is 0 Å². The van der Waals surface area contributed by atoms with Gasteiger partial charge in [0.1, 0.15) is 5.76 Å². The second-order valence-corrected chi connectivity index (χ2v) is 4.60. The van der Waals surface area contributed by atoms with Gasteiger partial charge in [0.2, 0.25) is 5.78 Å². The van der Waals surface area contributed by atoms with Crippen LogP contribution in [0, 0.1) is 6.92 Å². The summed E-state index contributed by atoms with van der Waals surface area (Å²) in [5, 5.41) is 1.03. The number of ketones is 1. The molecule has 0 saturated heterocycles. The van der Waals surface area contributed by atoms with Crippen LogP contribution in [0.3, 0.4) is 0 Å². The number of carbonyl (C=O) groups excluding carboxylic acids is 1. The third kappa shape index (κ3) is 1.73. The summed E-state index contributed by atoms with van der Waals surface area (Å²) >= 11 is 0. The van der Waals surface area contributed by atoms with Gasteiger partial charge in [0.25, 0.3) is 0 Å². The Morgan fingerprint density at radius 2 is 2.00 bits per heavy atom. The molecule has 96 valence electrons. The summed E-state index contributed by atoms with van der Waals surface area (Å²) in [6.45, 7) is 1.74. The van der Waals surface area contributed by atoms with E-state index in [1.54, 1.807) is 13.0 Å². The van der Waals surface area contributed by atoms with Crippen molar-refractivity contribution in [1.82, 2.24) is 4.57 Å². The Labute approximate surface area is 110 Å². The van der Waals surface area contributed by atoms with Gasteiger partial charge < -0.3 is 14.7 Å². The van der Waals surface area contributed by atoms with Gasteiger partial charge in [-0.1, -0.05) is 18.2 Å². The van der Waals surface area contributed by atoms with E-state index in [0.29, 0.717) is 17.1 Å². The minimum absolute atomic E-state index is 0.154. The highest BCUT2D eigenvalue weighted by atomic mass is 16.3. The molecule has 2 N–H and O–H groups in total. The topological polar surface area (TPSA) is 61.2 Å². The highest BCUT2D eigenvalue weighted by Crippen LogP contribution is 2.23. The van der Waals surface area contributed by atoms with Crippen molar-refractivity contribution >= 4 is 22.4 Å². The first-order valence-corrected chi connectivity index (χ1v) is 6.03. The molecule has 0 unspecified atom stereocenters. The fourth-order valence-electron chi connectivity index (χ4n) is 2.24. The van der Waals surface area contributed by atoms with Crippen LogP contribution < -0.4 is 5.73 Å². The standard InChI is InChI=1S/C15H14N2O2/c1-9-11(16)8-14(19-9)15(18)13-7-10-5-3-4-6-12(10)17(13)2/h3-8H,16H2,1-2H3. The molecule has 4 nitrogen and oxygen atoms in total. The Morgan fingerprint density at radius 3 is 2.63 bits per heavy atom. The Kier molecular flexibility index (Phi) is 2.45. The van der Waals surface area contributed by atoms with Gasteiger partial charge in [-0.3, -0.25) is 4.79 Å². The van der Waals surface area contributed by atoms with Gasteiger partial charge in [-0.15, -0.1) is 0 Å². The van der Waals surface area contributed by atoms with E-state index in [0.717, 1.165) is 10.9 Å². The van der Waals surface area contributed by atoms with Gasteiger partial charge in [0.15, 0.2) is 5.76 Å². The number of benzene rings is 1. The molecule has 3 aromatic rings. The summed E-state index contributed by atoms with van der Waals surface area (Å²) < 4.78 is 7.26. The van der Waals surface area contributed by atoms with Crippen LogP contribution in [-0.4, -0.2) is 10.4 Å². The Balaban J connectivity index is 2.14. The first kappa shape index (κ1) is 11.6. The number of aryl methyl sites for hydroxylation is 2. The largest absolute Gasteiger partial charge is 0.456 e. The van der Waals surface area contributed by atoms with E-state index in [-0.39, 0.29) is 11.5 Å². The summed E-state index contributed by atoms with van der Waals surface area (Å²) in [7, 11) is 1.87. The highest BCUT2D eigenvalue weighted by Gasteiger charge is 2.19. The predicted molar refractivity (Wildman–Crippen MR) is 74.2 cm³/mol. The molecule has 4 heteroatoms. The van der Waals surface area contributed by atoms with Crippen LogP contribution in [0.15, 0.2) is 40.8 Å². The van der Waals surface area contributed by atoms with Gasteiger partial charge in [-0.05, 0) is 19.1 Å². The maximum absolute atomic E-state index is 12.4. The molecule has 2 aromatic heterocycles. The number of nitrogens with zero attached hydrogens (tertiary/aromatic N) is 1. The zero-order valence-electron chi connectivity index (χ0n) is 10.8. The van der Waals surface area contributed by atoms with Gasteiger partial charge in [0.05, 0.1) is 11.4 Å². The molecule has 0 bridgehead atoms. The van der Waals surface area contributed by atoms with Crippen molar-refractivity contribution in [2.45, 2.75) is 6.92 Å². The van der Waals surface area contributed by atoms with Gasteiger partial charge in [-0.25, -0.2) is 0 Å². The van der Waals surface area contributed by atoms with Crippen molar-refractivity contribution in [1.29, 1.82) is 0 Å². The molecule has 0 radical (unpaired) electrons. The van der Waals surface area contributed by atoms with E-state index in [9.17, 15) is 4.79 Å². The summed E-state index contributed by atoms with van der Waals surface area (Å²) in [6, 6.07) is 11.3. The smallest absolute Gasteiger partial charge is 0.244 e. The zero-order chi connectivity index (χ0) is 13.6. The minimum Gasteiger partial charge on any atom is -0.456 e. The number of nitrogen functional groups attached to an aromatic ring is 1. The Hall–Kier alpha value is -2.49. The van der Waals surface area contributed by atoms with Gasteiger partial charge in [0, 0.05) is 24.0 Å². The molecule has 0 aliphatic rings. The molecule has 1 aromatic carbocycles. The fraction of sp³-hybridized carbons (Fsp3) is 0.133. The number of aromatic nitrogens is 1. The summed E-state index contributed by atoms with van der Waals surface area (Å²) in [4.78, 5) is 12.4. The Bertz CT molecular complexity index is 761. The third-order valence-corrected chi connectivity index (χ3v) is 3.36. The lowest BCUT2D eigenvalue weighted by atomic mass is 10.2. The maximum Gasteiger partial charge on any atom is 0.244 e. The number of hydrogen-bond donors (Lipinski definition) is 1. The van der Waals surface area contributed by atoms with Crippen molar-refractivity contribution in [3.8, 4) is 0 Å². The minimum atomic E-state index is -0.154. The van der Waals surface area contributed by atoms with E-state index in [1.807, 2.05) is 41.9 Å². The quantitative estimate of drug-likeness (QED) is 0.715. The molecule has 2 heterocycles. The van der Waals surface area contributed by atoms with Crippen molar-refractivity contribution < 1.29 is 9.21 Å². The average molecular weight is 254 g/mol. The number of hydrogen-bond acceptors (Lipinski definition) is 3. The van der Waals surface area contributed by atoms with Crippen molar-refractivity contribution in [3.05, 3.63) is 53.6 Å². The summed E-state index contributed by atoms with van der Waals surface area (Å²) in [6.07, 6.45) is 0. The first-order chi connectivity index (χ1) is 9.08. The highest BCUT2D eigenvalue weighted by molar-refractivity contribution is 6.09. The Morgan fingerprint density at radius 1 is 1.26 bits per heavy atom. The van der Waals surface area contributed by atoms with Gasteiger partial charge >= 0.3 is 0 Å². The van der Waals surface area contributed by atoms with Crippen molar-refractivity contribution in [3.63, 3.8) is 0 Å². The van der Waals surface area contributed by atoms with Crippen LogP contribution >= 0.6 is 0 Å². The summed E-state index contributed by atoms with van der Waals surface area (Å²) in [5.41, 5.74) is 7.83. The fourth-order valence-corrected chi connectivity index (χ4v) is 2.24. The van der Waals surface area contributed by atoms with Crippen LogP contribution in [0.1, 0.15) is 22.0 Å². The molecular weight excluding hydrogens is 240 g/mol. The van der Waals surface area contributed by atoms with Crippen LogP contribution in [-0.2, 0) is 7.05 Å². The molecule has 0 spiro atoms. The third-order valence-electron chi connectivity index (χ3n) is 3.36. The van der Waals surface area contributed by atoms with Crippen LogP contribution in [0.2, 0.25) is 0 Å². The maximum atomic E-state index is 12.4. The molecule has 0 atom stereocenters. The number of fused-ring (bicyclic) bond motifs is 1. The SMILES string of the molecule is Cc1oc(C(=O)c2cc3ccccc3n2C)cc1N. The first-order valence-electron chi connectivity index (χ1n) is 6.03. The lowest BCUT2D eigenvalue weighted by molar-refractivity contribution is 0.100. The molecule has 19 heavy (non-hydrogen) atoms. The lowest BCUT2D eigenvalue weighted by Crippen LogP contribution is -2.06. The second kappa shape index (κ2) is 4.02. The molecule has 0 fully saturated rings. The molecule has 0 amide bonds. The summed E-state index contributed by atoms with van der Waals surface area (Å²) in [5.74, 6) is 0.696. The number of carbonyl (C=O) groups is 1. The number of furan rings is 1. The van der Waals surface area contributed by atoms with E-state index in [2.05, 4.69) is 0 Å². The van der Waals surface area contributed by atoms with Gasteiger partial charge in [-0.2, -0.15) is 0 Å². The van der Waals surface area contributed by atoms with E-state index >= 15 is 0 Å². The molecule has 3 rings (SSSR count). The molecule has 0 saturated carbocycles. The van der Waals surface area contributed by atoms with E-state index < -0.39 is 0 Å². The molecule has 0 aliphatic heterocycles. The predicted octanol–water partition coefficient (Wildman–Crippen LogP) is 2.89. The number of rotatable bonds is 2.